The standard InChI is InChI=1S/C19H17F3N4O3/c20-19(21,22)11-25(10-13-5-6-16-17(9-13)29-8-7-28-16)12-26-18(27)14-3-1-2-4-15(14)23-24-26/h1-6,9H,7-8,10-12H2. The van der Waals surface area contributed by atoms with Gasteiger partial charge in [0.1, 0.15) is 18.7 Å². The maximum absolute atomic E-state index is 13.1. The van der Waals surface area contributed by atoms with Gasteiger partial charge in [-0.3, -0.25) is 9.69 Å². The number of alkyl halides is 3. The predicted molar refractivity (Wildman–Crippen MR) is 97.7 cm³/mol. The number of nitrogens with zero attached hydrogens (tertiary/aromatic N) is 4. The fourth-order valence-electron chi connectivity index (χ4n) is 3.16. The third kappa shape index (κ3) is 4.48. The van der Waals surface area contributed by atoms with Gasteiger partial charge in [0, 0.05) is 6.54 Å². The van der Waals surface area contributed by atoms with Crippen LogP contribution in [0.5, 0.6) is 11.5 Å². The first kappa shape index (κ1) is 19.2. The number of hydrogen-bond donors (Lipinski definition) is 0. The molecule has 4 rings (SSSR count). The van der Waals surface area contributed by atoms with Crippen LogP contribution in [0.25, 0.3) is 10.9 Å². The van der Waals surface area contributed by atoms with Crippen molar-refractivity contribution >= 4 is 10.9 Å². The lowest BCUT2D eigenvalue weighted by atomic mass is 10.2. The van der Waals surface area contributed by atoms with Gasteiger partial charge in [-0.2, -0.15) is 17.9 Å². The smallest absolute Gasteiger partial charge is 0.401 e. The summed E-state index contributed by atoms with van der Waals surface area (Å²) in [7, 11) is 0. The van der Waals surface area contributed by atoms with E-state index in [1.165, 1.54) is 0 Å². The highest BCUT2D eigenvalue weighted by Gasteiger charge is 2.31. The summed E-state index contributed by atoms with van der Waals surface area (Å²) in [4.78, 5) is 13.7. The molecule has 0 radical (unpaired) electrons. The first-order valence-corrected chi connectivity index (χ1v) is 8.89. The largest absolute Gasteiger partial charge is 0.486 e. The van der Waals surface area contributed by atoms with Crippen LogP contribution in [-0.2, 0) is 13.2 Å². The third-order valence-corrected chi connectivity index (χ3v) is 4.38. The van der Waals surface area contributed by atoms with E-state index in [0.29, 0.717) is 41.2 Å². The normalized spacial score (nSPS) is 13.8. The monoisotopic (exact) mass is 406 g/mol. The summed E-state index contributed by atoms with van der Waals surface area (Å²) in [6, 6.07) is 11.5. The van der Waals surface area contributed by atoms with E-state index >= 15 is 0 Å². The van der Waals surface area contributed by atoms with Gasteiger partial charge >= 0.3 is 6.18 Å². The molecule has 1 aliphatic rings. The topological polar surface area (TPSA) is 69.5 Å². The SMILES string of the molecule is O=c1c2ccccc2nnn1CN(Cc1ccc2c(c1)OCCO2)CC(F)(F)F. The van der Waals surface area contributed by atoms with Crippen LogP contribution in [0.1, 0.15) is 5.56 Å². The van der Waals surface area contributed by atoms with Crippen LogP contribution in [0.4, 0.5) is 13.2 Å². The number of hydrogen-bond acceptors (Lipinski definition) is 6. The Morgan fingerprint density at radius 2 is 1.83 bits per heavy atom. The van der Waals surface area contributed by atoms with Gasteiger partial charge in [-0.05, 0) is 29.8 Å². The van der Waals surface area contributed by atoms with Crippen molar-refractivity contribution in [2.75, 3.05) is 19.8 Å². The zero-order valence-electron chi connectivity index (χ0n) is 15.2. The van der Waals surface area contributed by atoms with Crippen LogP contribution in [0.15, 0.2) is 47.3 Å². The highest BCUT2D eigenvalue weighted by atomic mass is 19.4. The Hall–Kier alpha value is -3.14. The molecule has 0 saturated carbocycles. The van der Waals surface area contributed by atoms with E-state index in [4.69, 9.17) is 9.47 Å². The minimum Gasteiger partial charge on any atom is -0.486 e. The molecular formula is C19H17F3N4O3. The zero-order chi connectivity index (χ0) is 20.4. The number of fused-ring (bicyclic) bond motifs is 2. The van der Waals surface area contributed by atoms with Crippen LogP contribution >= 0.6 is 0 Å². The maximum Gasteiger partial charge on any atom is 0.401 e. The molecule has 7 nitrogen and oxygen atoms in total. The van der Waals surface area contributed by atoms with E-state index in [0.717, 1.165) is 9.58 Å². The molecule has 0 unspecified atom stereocenters. The molecule has 1 aliphatic heterocycles. The van der Waals surface area contributed by atoms with Gasteiger partial charge in [0.05, 0.1) is 18.6 Å². The van der Waals surface area contributed by atoms with Gasteiger partial charge < -0.3 is 9.47 Å². The summed E-state index contributed by atoms with van der Waals surface area (Å²) < 4.78 is 51.2. The second-order valence-electron chi connectivity index (χ2n) is 6.63. The van der Waals surface area contributed by atoms with Gasteiger partial charge in [0.2, 0.25) is 0 Å². The van der Waals surface area contributed by atoms with E-state index in [9.17, 15) is 18.0 Å². The molecule has 10 heteroatoms. The van der Waals surface area contributed by atoms with Crippen molar-refractivity contribution in [3.05, 3.63) is 58.4 Å². The number of benzene rings is 2. The molecule has 0 aliphatic carbocycles. The fraction of sp³-hybridized carbons (Fsp3) is 0.316. The van der Waals surface area contributed by atoms with Crippen molar-refractivity contribution < 1.29 is 22.6 Å². The molecule has 0 amide bonds. The molecule has 29 heavy (non-hydrogen) atoms. The van der Waals surface area contributed by atoms with Crippen molar-refractivity contribution in [1.82, 2.24) is 19.9 Å². The van der Waals surface area contributed by atoms with Crippen LogP contribution < -0.4 is 15.0 Å². The molecule has 0 bridgehead atoms. The molecule has 2 heterocycles. The summed E-state index contributed by atoms with van der Waals surface area (Å²) in [6.45, 7) is -0.814. The van der Waals surface area contributed by atoms with Crippen molar-refractivity contribution in [1.29, 1.82) is 0 Å². The first-order valence-electron chi connectivity index (χ1n) is 8.89. The number of aromatic nitrogens is 3. The summed E-state index contributed by atoms with van der Waals surface area (Å²) >= 11 is 0. The molecule has 152 valence electrons. The molecule has 3 aromatic rings. The predicted octanol–water partition coefficient (Wildman–Crippen LogP) is 2.58. The fourth-order valence-corrected chi connectivity index (χ4v) is 3.16. The quantitative estimate of drug-likeness (QED) is 0.649. The average Bonchev–Trinajstić information content (AvgIpc) is 2.69. The van der Waals surface area contributed by atoms with Gasteiger partial charge in [-0.1, -0.05) is 23.4 Å². The third-order valence-electron chi connectivity index (χ3n) is 4.38. The summed E-state index contributed by atoms with van der Waals surface area (Å²) in [5.41, 5.74) is 0.494. The molecule has 1 aromatic heterocycles. The van der Waals surface area contributed by atoms with Gasteiger partial charge in [0.15, 0.2) is 11.5 Å². The molecule has 0 saturated heterocycles. The Balaban J connectivity index is 1.61. The van der Waals surface area contributed by atoms with Gasteiger partial charge in [0.25, 0.3) is 5.56 Å². The zero-order valence-corrected chi connectivity index (χ0v) is 15.2. The first-order chi connectivity index (χ1) is 13.9. The lowest BCUT2D eigenvalue weighted by Crippen LogP contribution is -2.39. The van der Waals surface area contributed by atoms with E-state index < -0.39 is 18.3 Å². The minimum absolute atomic E-state index is 0.0584. The lowest BCUT2D eigenvalue weighted by molar-refractivity contribution is -0.151. The molecule has 2 aromatic carbocycles. The van der Waals surface area contributed by atoms with E-state index in [1.54, 1.807) is 42.5 Å². The molecular weight excluding hydrogens is 389 g/mol. The highest BCUT2D eigenvalue weighted by Crippen LogP contribution is 2.31. The number of rotatable bonds is 5. The average molecular weight is 406 g/mol. The second kappa shape index (κ2) is 7.70. The Bertz CT molecular complexity index is 1080. The maximum atomic E-state index is 13.1. The number of halogens is 3. The molecule has 0 N–H and O–H groups in total. The van der Waals surface area contributed by atoms with E-state index in [1.807, 2.05) is 0 Å². The van der Waals surface area contributed by atoms with E-state index in [2.05, 4.69) is 10.3 Å². The summed E-state index contributed by atoms with van der Waals surface area (Å²) in [5.74, 6) is 1.04. The van der Waals surface area contributed by atoms with Crippen molar-refractivity contribution in [2.45, 2.75) is 19.4 Å². The Morgan fingerprint density at radius 1 is 1.07 bits per heavy atom. The summed E-state index contributed by atoms with van der Waals surface area (Å²) in [6.07, 6.45) is -4.44. The van der Waals surface area contributed by atoms with Gasteiger partial charge in [-0.25, -0.2) is 0 Å². The van der Waals surface area contributed by atoms with Crippen molar-refractivity contribution in [2.24, 2.45) is 0 Å². The Labute approximate surface area is 163 Å². The molecule has 0 fully saturated rings. The van der Waals surface area contributed by atoms with Crippen molar-refractivity contribution in [3.63, 3.8) is 0 Å². The van der Waals surface area contributed by atoms with Crippen LogP contribution in [0, 0.1) is 0 Å². The molecule has 0 spiro atoms. The summed E-state index contributed by atoms with van der Waals surface area (Å²) in [5, 5.41) is 8.01. The lowest BCUT2D eigenvalue weighted by Gasteiger charge is -2.25. The van der Waals surface area contributed by atoms with Crippen molar-refractivity contribution in [3.8, 4) is 11.5 Å². The Kier molecular flexibility index (Phi) is 5.10. The van der Waals surface area contributed by atoms with E-state index in [-0.39, 0.29) is 13.2 Å². The Morgan fingerprint density at radius 3 is 2.62 bits per heavy atom. The molecule has 0 atom stereocenters. The van der Waals surface area contributed by atoms with Crippen LogP contribution in [-0.4, -0.2) is 45.8 Å². The number of ether oxygens (including phenoxy) is 2. The van der Waals surface area contributed by atoms with Crippen LogP contribution in [0.2, 0.25) is 0 Å². The van der Waals surface area contributed by atoms with Crippen LogP contribution in [0.3, 0.4) is 0 Å². The highest BCUT2D eigenvalue weighted by molar-refractivity contribution is 5.76. The minimum atomic E-state index is -4.44. The second-order valence-corrected chi connectivity index (χ2v) is 6.63. The van der Waals surface area contributed by atoms with Gasteiger partial charge in [-0.15, -0.1) is 5.10 Å².